The second kappa shape index (κ2) is 6.34. The first kappa shape index (κ1) is 15.0. The number of nitrogens with one attached hydrogen (secondary N) is 2. The number of rotatable bonds is 4. The van der Waals surface area contributed by atoms with Crippen molar-refractivity contribution in [1.29, 1.82) is 0 Å². The number of hydrogen-bond donors (Lipinski definition) is 2. The number of alkyl carbamates (subject to hydrolysis) is 1. The second-order valence-electron chi connectivity index (χ2n) is 5.66. The summed E-state index contributed by atoms with van der Waals surface area (Å²) < 4.78 is 5.27. The van der Waals surface area contributed by atoms with Crippen molar-refractivity contribution in [3.63, 3.8) is 0 Å². The monoisotopic (exact) mass is 289 g/mol. The molecule has 1 atom stereocenters. The number of aromatic amines is 1. The lowest BCUT2D eigenvalue weighted by molar-refractivity contribution is 0.0501. The molecule has 0 bridgehead atoms. The van der Waals surface area contributed by atoms with E-state index in [-0.39, 0.29) is 0 Å². The van der Waals surface area contributed by atoms with Gasteiger partial charge in [0.2, 0.25) is 0 Å². The van der Waals surface area contributed by atoms with E-state index in [4.69, 9.17) is 4.74 Å². The highest BCUT2D eigenvalue weighted by Gasteiger charge is 2.23. The lowest BCUT2D eigenvalue weighted by Gasteiger charge is -2.22. The third-order valence-corrected chi connectivity index (χ3v) is 2.65. The van der Waals surface area contributed by atoms with Gasteiger partial charge in [-0.15, -0.1) is 10.2 Å². The first-order chi connectivity index (χ1) is 9.94. The Balaban J connectivity index is 2.08. The minimum absolute atomic E-state index is 0.402. The number of benzene rings is 1. The van der Waals surface area contributed by atoms with Crippen molar-refractivity contribution in [3.05, 3.63) is 41.7 Å². The lowest BCUT2D eigenvalue weighted by atomic mass is 10.1. The fourth-order valence-corrected chi connectivity index (χ4v) is 1.82. The summed E-state index contributed by atoms with van der Waals surface area (Å²) in [6.45, 7) is 5.44. The van der Waals surface area contributed by atoms with Crippen molar-refractivity contribution in [2.45, 2.75) is 38.8 Å². The summed E-state index contributed by atoms with van der Waals surface area (Å²) in [5, 5.41) is 16.6. The molecular formula is C14H19N5O2. The molecule has 1 heterocycles. The highest BCUT2D eigenvalue weighted by molar-refractivity contribution is 5.68. The molecule has 21 heavy (non-hydrogen) atoms. The number of tetrazole rings is 1. The third-order valence-electron chi connectivity index (χ3n) is 2.65. The summed E-state index contributed by atoms with van der Waals surface area (Å²) in [7, 11) is 0. The van der Waals surface area contributed by atoms with Gasteiger partial charge in [0.05, 0.1) is 0 Å². The van der Waals surface area contributed by atoms with E-state index < -0.39 is 17.7 Å². The fourth-order valence-electron chi connectivity index (χ4n) is 1.82. The van der Waals surface area contributed by atoms with Crippen LogP contribution in [0.15, 0.2) is 30.3 Å². The largest absolute Gasteiger partial charge is 0.444 e. The molecule has 1 amide bonds. The molecule has 0 spiro atoms. The molecule has 0 aliphatic carbocycles. The maximum Gasteiger partial charge on any atom is 0.408 e. The number of amides is 1. The standard InChI is InChI=1S/C14H19N5O2/c1-14(2,3)21-13(20)15-11(12-16-18-19-17-12)9-10-7-5-4-6-8-10/h4-8,11H,9H2,1-3H3,(H,15,20)(H,16,17,18,19)/t11-/m0/s1. The number of carbonyl (C=O) groups excluding carboxylic acids is 1. The normalized spacial score (nSPS) is 12.7. The Morgan fingerprint density at radius 3 is 2.62 bits per heavy atom. The van der Waals surface area contributed by atoms with E-state index in [1.54, 1.807) is 0 Å². The van der Waals surface area contributed by atoms with Crippen LogP contribution in [-0.4, -0.2) is 32.3 Å². The van der Waals surface area contributed by atoms with E-state index in [0.29, 0.717) is 12.2 Å². The molecular weight excluding hydrogens is 270 g/mol. The van der Waals surface area contributed by atoms with Crippen LogP contribution in [0, 0.1) is 0 Å². The van der Waals surface area contributed by atoms with E-state index in [0.717, 1.165) is 5.56 Å². The van der Waals surface area contributed by atoms with Gasteiger partial charge in [0.25, 0.3) is 0 Å². The molecule has 0 aliphatic heterocycles. The summed E-state index contributed by atoms with van der Waals surface area (Å²) in [6, 6.07) is 9.37. The van der Waals surface area contributed by atoms with Gasteiger partial charge in [0, 0.05) is 6.42 Å². The summed E-state index contributed by atoms with van der Waals surface area (Å²) in [4.78, 5) is 11.9. The summed E-state index contributed by atoms with van der Waals surface area (Å²) in [5.41, 5.74) is 0.502. The molecule has 2 N–H and O–H groups in total. The fraction of sp³-hybridized carbons (Fsp3) is 0.429. The molecule has 2 aromatic rings. The molecule has 0 radical (unpaired) electrons. The van der Waals surface area contributed by atoms with Gasteiger partial charge in [-0.25, -0.2) is 4.79 Å². The van der Waals surface area contributed by atoms with Crippen molar-refractivity contribution in [2.24, 2.45) is 0 Å². The van der Waals surface area contributed by atoms with E-state index in [9.17, 15) is 4.79 Å². The van der Waals surface area contributed by atoms with Crippen LogP contribution in [0.1, 0.15) is 38.2 Å². The van der Waals surface area contributed by atoms with Gasteiger partial charge in [-0.1, -0.05) is 35.5 Å². The van der Waals surface area contributed by atoms with E-state index in [2.05, 4.69) is 25.9 Å². The molecule has 7 nitrogen and oxygen atoms in total. The Morgan fingerprint density at radius 1 is 1.33 bits per heavy atom. The SMILES string of the molecule is CC(C)(C)OC(=O)N[C@@H](Cc1ccccc1)c1nn[nH]n1. The number of ether oxygens (including phenoxy) is 1. The van der Waals surface area contributed by atoms with Gasteiger partial charge in [0.1, 0.15) is 11.6 Å². The van der Waals surface area contributed by atoms with Crippen molar-refractivity contribution in [1.82, 2.24) is 25.9 Å². The number of aromatic nitrogens is 4. The quantitative estimate of drug-likeness (QED) is 0.898. The Morgan fingerprint density at radius 2 is 2.05 bits per heavy atom. The maximum absolute atomic E-state index is 11.9. The zero-order valence-electron chi connectivity index (χ0n) is 12.3. The average Bonchev–Trinajstić information content (AvgIpc) is 2.90. The van der Waals surface area contributed by atoms with Gasteiger partial charge < -0.3 is 10.1 Å². The Hall–Kier alpha value is -2.44. The predicted octanol–water partition coefficient (Wildman–Crippen LogP) is 2.01. The molecule has 1 aromatic carbocycles. The van der Waals surface area contributed by atoms with Crippen LogP contribution in [0.5, 0.6) is 0 Å². The van der Waals surface area contributed by atoms with Gasteiger partial charge in [-0.05, 0) is 26.3 Å². The minimum Gasteiger partial charge on any atom is -0.444 e. The van der Waals surface area contributed by atoms with Gasteiger partial charge in [0.15, 0.2) is 5.82 Å². The van der Waals surface area contributed by atoms with Crippen LogP contribution >= 0.6 is 0 Å². The molecule has 1 aromatic heterocycles. The molecule has 7 heteroatoms. The van der Waals surface area contributed by atoms with Crippen LogP contribution in [-0.2, 0) is 11.2 Å². The number of nitrogens with zero attached hydrogens (tertiary/aromatic N) is 3. The number of H-pyrrole nitrogens is 1. The van der Waals surface area contributed by atoms with Crippen LogP contribution in [0.25, 0.3) is 0 Å². The van der Waals surface area contributed by atoms with Gasteiger partial charge in [-0.3, -0.25) is 0 Å². The molecule has 0 saturated heterocycles. The predicted molar refractivity (Wildman–Crippen MR) is 76.4 cm³/mol. The van der Waals surface area contributed by atoms with Crippen LogP contribution < -0.4 is 5.32 Å². The van der Waals surface area contributed by atoms with Crippen molar-refractivity contribution < 1.29 is 9.53 Å². The molecule has 0 saturated carbocycles. The molecule has 2 rings (SSSR count). The molecule has 0 fully saturated rings. The third kappa shape index (κ3) is 4.87. The topological polar surface area (TPSA) is 92.8 Å². The van der Waals surface area contributed by atoms with Crippen LogP contribution in [0.2, 0.25) is 0 Å². The Bertz CT molecular complexity index is 563. The van der Waals surface area contributed by atoms with Crippen molar-refractivity contribution in [3.8, 4) is 0 Å². The number of hydrogen-bond acceptors (Lipinski definition) is 5. The summed E-state index contributed by atoms with van der Waals surface area (Å²) in [5.74, 6) is 0.421. The highest BCUT2D eigenvalue weighted by Crippen LogP contribution is 2.15. The highest BCUT2D eigenvalue weighted by atomic mass is 16.6. The van der Waals surface area contributed by atoms with Crippen molar-refractivity contribution >= 4 is 6.09 Å². The van der Waals surface area contributed by atoms with Gasteiger partial charge >= 0.3 is 6.09 Å². The zero-order valence-corrected chi connectivity index (χ0v) is 12.3. The summed E-state index contributed by atoms with van der Waals surface area (Å²) >= 11 is 0. The van der Waals surface area contributed by atoms with E-state index in [1.807, 2.05) is 51.1 Å². The number of carbonyl (C=O) groups is 1. The van der Waals surface area contributed by atoms with E-state index in [1.165, 1.54) is 0 Å². The molecule has 0 unspecified atom stereocenters. The lowest BCUT2D eigenvalue weighted by Crippen LogP contribution is -2.36. The van der Waals surface area contributed by atoms with Crippen molar-refractivity contribution in [2.75, 3.05) is 0 Å². The van der Waals surface area contributed by atoms with Gasteiger partial charge in [-0.2, -0.15) is 5.21 Å². The summed E-state index contributed by atoms with van der Waals surface area (Å²) in [6.07, 6.45) is 0.0489. The van der Waals surface area contributed by atoms with E-state index >= 15 is 0 Å². The Kier molecular flexibility index (Phi) is 4.52. The van der Waals surface area contributed by atoms with Crippen LogP contribution in [0.4, 0.5) is 4.79 Å². The Labute approximate surface area is 123 Å². The average molecular weight is 289 g/mol. The molecule has 112 valence electrons. The maximum atomic E-state index is 11.9. The smallest absolute Gasteiger partial charge is 0.408 e. The zero-order chi connectivity index (χ0) is 15.3. The molecule has 0 aliphatic rings. The second-order valence-corrected chi connectivity index (χ2v) is 5.66. The first-order valence-electron chi connectivity index (χ1n) is 6.71. The van der Waals surface area contributed by atoms with Crippen LogP contribution in [0.3, 0.4) is 0 Å². The minimum atomic E-state index is -0.557. The first-order valence-corrected chi connectivity index (χ1v) is 6.71.